The van der Waals surface area contributed by atoms with Crippen molar-refractivity contribution in [1.82, 2.24) is 0 Å². The first kappa shape index (κ1) is 17.0. The second kappa shape index (κ2) is 7.38. The molecule has 3 nitrogen and oxygen atoms in total. The third-order valence-electron chi connectivity index (χ3n) is 4.22. The number of nitriles is 1. The molecule has 124 valence electrons. The molecule has 0 aromatic heterocycles. The van der Waals surface area contributed by atoms with Crippen LogP contribution in [0.15, 0.2) is 66.7 Å². The largest absolute Gasteiger partial charge is 0.311 e. The Balaban J connectivity index is 2.00. The van der Waals surface area contributed by atoms with Gasteiger partial charge in [-0.2, -0.15) is 5.26 Å². The monoisotopic (exact) mass is 348 g/mol. The Kier molecular flexibility index (Phi) is 5.02. The number of rotatable bonds is 4. The maximum absolute atomic E-state index is 13.1. The van der Waals surface area contributed by atoms with Crippen molar-refractivity contribution < 1.29 is 4.79 Å². The zero-order valence-electron chi connectivity index (χ0n) is 13.8. The minimum atomic E-state index is -0.656. The average molecular weight is 349 g/mol. The van der Waals surface area contributed by atoms with E-state index >= 15 is 0 Å². The predicted octanol–water partition coefficient (Wildman–Crippen LogP) is 4.79. The van der Waals surface area contributed by atoms with Crippen LogP contribution in [0.25, 0.3) is 10.8 Å². The Morgan fingerprint density at radius 1 is 1.08 bits per heavy atom. The number of halogens is 1. The number of nitrogens with zero attached hydrogens (tertiary/aromatic N) is 2. The molecule has 0 aliphatic heterocycles. The summed E-state index contributed by atoms with van der Waals surface area (Å²) >= 11 is 5.97. The molecule has 1 amide bonds. The molecule has 3 aromatic carbocycles. The summed E-state index contributed by atoms with van der Waals surface area (Å²) in [5, 5.41) is 10.4. The highest BCUT2D eigenvalue weighted by molar-refractivity contribution is 6.22. The number of hydrogen-bond donors (Lipinski definition) is 0. The van der Waals surface area contributed by atoms with Gasteiger partial charge in [-0.1, -0.05) is 54.6 Å². The van der Waals surface area contributed by atoms with Crippen molar-refractivity contribution in [2.24, 2.45) is 0 Å². The van der Waals surface area contributed by atoms with Crippen LogP contribution in [0, 0.1) is 11.3 Å². The second-order valence-electron chi connectivity index (χ2n) is 5.82. The van der Waals surface area contributed by atoms with E-state index < -0.39 is 5.38 Å². The van der Waals surface area contributed by atoms with Crippen molar-refractivity contribution >= 4 is 34.0 Å². The normalized spacial score (nSPS) is 11.7. The molecular formula is C21H17ClN2O. The Bertz CT molecular complexity index is 956. The smallest absolute Gasteiger partial charge is 0.258 e. The number of anilines is 1. The minimum Gasteiger partial charge on any atom is -0.311 e. The standard InChI is InChI=1S/C21H17ClN2O/c1-24(20-12-6-9-15-7-2-4-10-18(15)20)21(25)19-11-5-3-8-16(19)13-17(22)14-23/h2-12,17H,13H2,1H3. The molecule has 0 bridgehead atoms. The molecular weight excluding hydrogens is 332 g/mol. The maximum atomic E-state index is 13.1. The van der Waals surface area contributed by atoms with Crippen LogP contribution in [0.5, 0.6) is 0 Å². The van der Waals surface area contributed by atoms with E-state index in [4.69, 9.17) is 16.9 Å². The van der Waals surface area contributed by atoms with E-state index in [1.165, 1.54) is 0 Å². The van der Waals surface area contributed by atoms with Gasteiger partial charge in [-0.25, -0.2) is 0 Å². The number of benzene rings is 3. The summed E-state index contributed by atoms with van der Waals surface area (Å²) in [5.41, 5.74) is 2.19. The topological polar surface area (TPSA) is 44.1 Å². The Hall–Kier alpha value is -2.83. The first-order valence-corrected chi connectivity index (χ1v) is 8.43. The van der Waals surface area contributed by atoms with Gasteiger partial charge in [0.15, 0.2) is 0 Å². The lowest BCUT2D eigenvalue weighted by Gasteiger charge is -2.21. The first-order valence-electron chi connectivity index (χ1n) is 7.99. The average Bonchev–Trinajstić information content (AvgIpc) is 2.66. The molecule has 25 heavy (non-hydrogen) atoms. The highest BCUT2D eigenvalue weighted by Crippen LogP contribution is 2.27. The molecule has 0 saturated heterocycles. The summed E-state index contributed by atoms with van der Waals surface area (Å²) in [6.45, 7) is 0. The van der Waals surface area contributed by atoms with Crippen molar-refractivity contribution in [2.75, 3.05) is 11.9 Å². The third-order valence-corrected chi connectivity index (χ3v) is 4.47. The second-order valence-corrected chi connectivity index (χ2v) is 6.35. The number of fused-ring (bicyclic) bond motifs is 1. The molecule has 0 fully saturated rings. The zero-order chi connectivity index (χ0) is 17.8. The molecule has 0 aliphatic carbocycles. The molecule has 0 saturated carbocycles. The lowest BCUT2D eigenvalue weighted by molar-refractivity contribution is 0.0992. The fourth-order valence-electron chi connectivity index (χ4n) is 2.94. The summed E-state index contributed by atoms with van der Waals surface area (Å²) in [7, 11) is 1.77. The van der Waals surface area contributed by atoms with Crippen LogP contribution in [0.4, 0.5) is 5.69 Å². The van der Waals surface area contributed by atoms with Gasteiger partial charge >= 0.3 is 0 Å². The van der Waals surface area contributed by atoms with Crippen LogP contribution in [0.2, 0.25) is 0 Å². The Labute approximate surface area is 152 Å². The lowest BCUT2D eigenvalue weighted by Crippen LogP contribution is -2.27. The quantitative estimate of drug-likeness (QED) is 0.636. The van der Waals surface area contributed by atoms with E-state index in [0.29, 0.717) is 12.0 Å². The van der Waals surface area contributed by atoms with Gasteiger partial charge in [-0.05, 0) is 23.1 Å². The van der Waals surface area contributed by atoms with Gasteiger partial charge in [0, 0.05) is 24.4 Å². The summed E-state index contributed by atoms with van der Waals surface area (Å²) in [4.78, 5) is 14.7. The van der Waals surface area contributed by atoms with Gasteiger partial charge in [0.1, 0.15) is 5.38 Å². The van der Waals surface area contributed by atoms with Gasteiger partial charge in [0.25, 0.3) is 5.91 Å². The SMILES string of the molecule is CN(C(=O)c1ccccc1CC(Cl)C#N)c1cccc2ccccc12. The summed E-state index contributed by atoms with van der Waals surface area (Å²) in [5.74, 6) is -0.117. The molecule has 0 N–H and O–H groups in total. The molecule has 4 heteroatoms. The number of alkyl halides is 1. The molecule has 0 radical (unpaired) electrons. The van der Waals surface area contributed by atoms with E-state index in [1.807, 2.05) is 66.7 Å². The van der Waals surface area contributed by atoms with Crippen molar-refractivity contribution in [1.29, 1.82) is 5.26 Å². The van der Waals surface area contributed by atoms with Crippen LogP contribution in [0.1, 0.15) is 15.9 Å². The molecule has 3 aromatic rings. The van der Waals surface area contributed by atoms with Gasteiger partial charge < -0.3 is 4.90 Å². The highest BCUT2D eigenvalue weighted by atomic mass is 35.5. The molecule has 1 unspecified atom stereocenters. The highest BCUT2D eigenvalue weighted by Gasteiger charge is 2.19. The van der Waals surface area contributed by atoms with Crippen molar-refractivity contribution in [3.05, 3.63) is 77.9 Å². The van der Waals surface area contributed by atoms with Gasteiger partial charge in [0.2, 0.25) is 0 Å². The summed E-state index contributed by atoms with van der Waals surface area (Å²) in [6.07, 6.45) is 0.337. The third kappa shape index (κ3) is 3.50. The van der Waals surface area contributed by atoms with E-state index in [-0.39, 0.29) is 5.91 Å². The molecule has 0 spiro atoms. The summed E-state index contributed by atoms with van der Waals surface area (Å²) < 4.78 is 0. The number of carbonyl (C=O) groups is 1. The fraction of sp³-hybridized carbons (Fsp3) is 0.143. The van der Waals surface area contributed by atoms with Crippen molar-refractivity contribution in [2.45, 2.75) is 11.8 Å². The van der Waals surface area contributed by atoms with E-state index in [0.717, 1.165) is 22.0 Å². The number of amides is 1. The molecule has 3 rings (SSSR count). The van der Waals surface area contributed by atoms with Gasteiger partial charge in [-0.15, -0.1) is 11.6 Å². The van der Waals surface area contributed by atoms with Crippen LogP contribution in [-0.2, 0) is 6.42 Å². The van der Waals surface area contributed by atoms with Crippen molar-refractivity contribution in [3.63, 3.8) is 0 Å². The molecule has 1 atom stereocenters. The van der Waals surface area contributed by atoms with E-state index in [9.17, 15) is 4.79 Å². The summed E-state index contributed by atoms with van der Waals surface area (Å²) in [6, 6.07) is 23.2. The fourth-order valence-corrected chi connectivity index (χ4v) is 3.10. The van der Waals surface area contributed by atoms with Gasteiger partial charge in [0.05, 0.1) is 11.8 Å². The molecule has 0 aliphatic rings. The Morgan fingerprint density at radius 3 is 2.56 bits per heavy atom. The van der Waals surface area contributed by atoms with Gasteiger partial charge in [-0.3, -0.25) is 4.79 Å². The first-order chi connectivity index (χ1) is 12.1. The number of hydrogen-bond acceptors (Lipinski definition) is 2. The molecule has 0 heterocycles. The lowest BCUT2D eigenvalue weighted by atomic mass is 10.0. The van der Waals surface area contributed by atoms with Crippen molar-refractivity contribution in [3.8, 4) is 6.07 Å². The predicted molar refractivity (Wildman–Crippen MR) is 102 cm³/mol. The Morgan fingerprint density at radius 2 is 1.76 bits per heavy atom. The maximum Gasteiger partial charge on any atom is 0.258 e. The van der Waals surface area contributed by atoms with Crippen LogP contribution < -0.4 is 4.90 Å². The van der Waals surface area contributed by atoms with E-state index in [1.54, 1.807) is 18.0 Å². The van der Waals surface area contributed by atoms with Crippen LogP contribution >= 0.6 is 11.6 Å². The zero-order valence-corrected chi connectivity index (χ0v) is 14.6. The number of carbonyl (C=O) groups excluding carboxylic acids is 1. The van der Waals surface area contributed by atoms with Crippen LogP contribution in [0.3, 0.4) is 0 Å². The van der Waals surface area contributed by atoms with E-state index in [2.05, 4.69) is 0 Å². The minimum absolute atomic E-state index is 0.117. The van der Waals surface area contributed by atoms with Crippen LogP contribution in [-0.4, -0.2) is 18.3 Å².